The summed E-state index contributed by atoms with van der Waals surface area (Å²) >= 11 is 0. The number of para-hydroxylation sites is 1. The summed E-state index contributed by atoms with van der Waals surface area (Å²) in [5.74, 6) is -3.93. The third-order valence-corrected chi connectivity index (χ3v) is 6.78. The lowest BCUT2D eigenvalue weighted by molar-refractivity contribution is -0.131. The molecule has 5 rings (SSSR count). The summed E-state index contributed by atoms with van der Waals surface area (Å²) in [6.45, 7) is 7.25. The van der Waals surface area contributed by atoms with Crippen molar-refractivity contribution in [2.75, 3.05) is 10.2 Å². The molecular weight excluding hydrogens is 451 g/mol. The van der Waals surface area contributed by atoms with Gasteiger partial charge in [-0.25, -0.2) is 4.39 Å². The highest BCUT2D eigenvalue weighted by molar-refractivity contribution is 6.11. The van der Waals surface area contributed by atoms with E-state index in [-0.39, 0.29) is 5.69 Å². The first kappa shape index (κ1) is 23.2. The molecule has 1 aromatic carbocycles. The quantitative estimate of drug-likeness (QED) is 0.659. The van der Waals surface area contributed by atoms with E-state index in [0.717, 1.165) is 0 Å². The van der Waals surface area contributed by atoms with Crippen LogP contribution in [0.15, 0.2) is 60.9 Å². The number of rotatable bonds is 4. The fourth-order valence-electron chi connectivity index (χ4n) is 5.52. The van der Waals surface area contributed by atoms with Crippen LogP contribution >= 0.6 is 0 Å². The Kier molecular flexibility index (Phi) is 5.10. The SMILES string of the molecule is CC(C)(C)NC(=O)[C@@H]1N(c2cccnc2)C(=O)[C@H]2[C@@H](C(=O)Nc3ccccc3F)[C@@]3(C)C=C[C@@]12O3. The summed E-state index contributed by atoms with van der Waals surface area (Å²) in [6.07, 6.45) is 6.53. The molecule has 2 bridgehead atoms. The van der Waals surface area contributed by atoms with Gasteiger partial charge in [-0.3, -0.25) is 24.3 Å². The molecule has 2 N–H and O–H groups in total. The van der Waals surface area contributed by atoms with Crippen molar-refractivity contribution in [1.29, 1.82) is 0 Å². The molecule has 0 saturated carbocycles. The summed E-state index contributed by atoms with van der Waals surface area (Å²) in [7, 11) is 0. The number of benzene rings is 1. The van der Waals surface area contributed by atoms with Crippen molar-refractivity contribution in [3.05, 3.63) is 66.8 Å². The lowest BCUT2D eigenvalue weighted by atomic mass is 9.70. The van der Waals surface area contributed by atoms with Crippen LogP contribution < -0.4 is 15.5 Å². The number of carbonyl (C=O) groups excluding carboxylic acids is 3. The molecule has 3 amide bonds. The Labute approximate surface area is 202 Å². The van der Waals surface area contributed by atoms with E-state index >= 15 is 0 Å². The van der Waals surface area contributed by atoms with Gasteiger partial charge in [0.25, 0.3) is 0 Å². The van der Waals surface area contributed by atoms with Gasteiger partial charge in [0.05, 0.1) is 35.0 Å². The fraction of sp³-hybridized carbons (Fsp3) is 0.385. The van der Waals surface area contributed by atoms with Crippen LogP contribution in [0.25, 0.3) is 0 Å². The summed E-state index contributed by atoms with van der Waals surface area (Å²) in [5.41, 5.74) is -2.64. The molecule has 0 aliphatic carbocycles. The minimum atomic E-state index is -1.37. The Morgan fingerprint density at radius 3 is 2.51 bits per heavy atom. The predicted octanol–water partition coefficient (Wildman–Crippen LogP) is 2.82. The number of aromatic nitrogens is 1. The van der Waals surface area contributed by atoms with Crippen molar-refractivity contribution in [3.63, 3.8) is 0 Å². The van der Waals surface area contributed by atoms with Gasteiger partial charge in [0.2, 0.25) is 17.7 Å². The monoisotopic (exact) mass is 478 g/mol. The first-order chi connectivity index (χ1) is 16.5. The van der Waals surface area contributed by atoms with E-state index in [9.17, 15) is 18.8 Å². The Hall–Kier alpha value is -3.59. The summed E-state index contributed by atoms with van der Waals surface area (Å²) in [6, 6.07) is 8.12. The molecule has 2 fully saturated rings. The maximum Gasteiger partial charge on any atom is 0.246 e. The van der Waals surface area contributed by atoms with Gasteiger partial charge in [0, 0.05) is 11.7 Å². The lowest BCUT2D eigenvalue weighted by Gasteiger charge is -2.34. The average molecular weight is 479 g/mol. The van der Waals surface area contributed by atoms with Gasteiger partial charge in [-0.2, -0.15) is 0 Å². The van der Waals surface area contributed by atoms with E-state index in [1.165, 1.54) is 29.3 Å². The third kappa shape index (κ3) is 3.53. The molecule has 3 aliphatic rings. The van der Waals surface area contributed by atoms with Crippen LogP contribution in [0.1, 0.15) is 27.7 Å². The predicted molar refractivity (Wildman–Crippen MR) is 127 cm³/mol. The second-order valence-corrected chi connectivity index (χ2v) is 10.5. The molecular formula is C26H27FN4O4. The van der Waals surface area contributed by atoms with Crippen molar-refractivity contribution in [2.24, 2.45) is 11.8 Å². The maximum atomic E-state index is 14.3. The largest absolute Gasteiger partial charge is 0.356 e. The Balaban J connectivity index is 1.59. The van der Waals surface area contributed by atoms with Crippen LogP contribution in [0.2, 0.25) is 0 Å². The van der Waals surface area contributed by atoms with E-state index in [0.29, 0.717) is 5.69 Å². The van der Waals surface area contributed by atoms with Crippen LogP contribution in [0.3, 0.4) is 0 Å². The molecule has 2 aromatic rings. The van der Waals surface area contributed by atoms with E-state index < -0.39 is 58.2 Å². The molecule has 4 heterocycles. The van der Waals surface area contributed by atoms with E-state index in [2.05, 4.69) is 15.6 Å². The number of anilines is 2. The average Bonchev–Trinajstić information content (AvgIpc) is 3.35. The molecule has 9 heteroatoms. The molecule has 8 nitrogen and oxygen atoms in total. The molecule has 35 heavy (non-hydrogen) atoms. The van der Waals surface area contributed by atoms with Crippen molar-refractivity contribution >= 4 is 29.1 Å². The van der Waals surface area contributed by atoms with Crippen LogP contribution in [-0.4, -0.2) is 45.5 Å². The fourth-order valence-corrected chi connectivity index (χ4v) is 5.52. The number of fused-ring (bicyclic) bond motifs is 1. The number of halogens is 1. The number of pyridine rings is 1. The molecule has 0 radical (unpaired) electrons. The van der Waals surface area contributed by atoms with Crippen LogP contribution in [0, 0.1) is 17.7 Å². The molecule has 1 spiro atoms. The highest BCUT2D eigenvalue weighted by Crippen LogP contribution is 2.60. The van der Waals surface area contributed by atoms with Crippen LogP contribution in [0.4, 0.5) is 15.8 Å². The van der Waals surface area contributed by atoms with Gasteiger partial charge in [-0.1, -0.05) is 24.3 Å². The van der Waals surface area contributed by atoms with Crippen molar-refractivity contribution in [2.45, 2.75) is 50.5 Å². The minimum Gasteiger partial charge on any atom is -0.356 e. The van der Waals surface area contributed by atoms with E-state index in [1.807, 2.05) is 20.8 Å². The zero-order valence-electron chi connectivity index (χ0n) is 19.9. The Morgan fingerprint density at radius 1 is 1.11 bits per heavy atom. The minimum absolute atomic E-state index is 0.0125. The number of nitrogens with one attached hydrogen (secondary N) is 2. The van der Waals surface area contributed by atoms with E-state index in [4.69, 9.17) is 4.74 Å². The number of ether oxygens (including phenoxy) is 1. The molecule has 0 unspecified atom stereocenters. The number of hydrogen-bond acceptors (Lipinski definition) is 5. The molecule has 2 saturated heterocycles. The third-order valence-electron chi connectivity index (χ3n) is 6.78. The number of carbonyl (C=O) groups is 3. The van der Waals surface area contributed by atoms with Gasteiger partial charge in [-0.15, -0.1) is 0 Å². The first-order valence-electron chi connectivity index (χ1n) is 11.5. The molecule has 1 aromatic heterocycles. The summed E-state index contributed by atoms with van der Waals surface area (Å²) < 4.78 is 20.7. The van der Waals surface area contributed by atoms with Crippen LogP contribution in [-0.2, 0) is 19.1 Å². The highest BCUT2D eigenvalue weighted by atomic mass is 19.1. The van der Waals surface area contributed by atoms with Gasteiger partial charge >= 0.3 is 0 Å². The molecule has 5 atom stereocenters. The van der Waals surface area contributed by atoms with Gasteiger partial charge in [-0.05, 0) is 52.0 Å². The summed E-state index contributed by atoms with van der Waals surface area (Å²) in [4.78, 5) is 46.6. The summed E-state index contributed by atoms with van der Waals surface area (Å²) in [5, 5.41) is 5.58. The topological polar surface area (TPSA) is 101 Å². The second-order valence-electron chi connectivity index (χ2n) is 10.5. The molecule has 3 aliphatic heterocycles. The van der Waals surface area contributed by atoms with Gasteiger partial charge < -0.3 is 15.4 Å². The highest BCUT2D eigenvalue weighted by Gasteiger charge is 2.76. The first-order valence-corrected chi connectivity index (χ1v) is 11.5. The normalized spacial score (nSPS) is 30.9. The maximum absolute atomic E-state index is 14.3. The van der Waals surface area contributed by atoms with Crippen molar-refractivity contribution in [3.8, 4) is 0 Å². The standard InChI is InChI=1S/C26H27FN4O4/c1-24(2,3)30-22(33)20-26-12-11-25(4,35-26)18(21(32)29-17-10-6-5-9-16(17)27)19(26)23(34)31(20)15-8-7-13-28-14-15/h5-14,18-20H,1-4H3,(H,29,32)(H,30,33)/t18-,19+,20-,25+,26-/m0/s1. The van der Waals surface area contributed by atoms with Gasteiger partial charge in [0.1, 0.15) is 17.5 Å². The number of hydrogen-bond donors (Lipinski definition) is 2. The van der Waals surface area contributed by atoms with Crippen molar-refractivity contribution in [1.82, 2.24) is 10.3 Å². The van der Waals surface area contributed by atoms with Crippen LogP contribution in [0.5, 0.6) is 0 Å². The lowest BCUT2D eigenvalue weighted by Crippen LogP contribution is -2.58. The van der Waals surface area contributed by atoms with Gasteiger partial charge in [0.15, 0.2) is 0 Å². The molecule has 182 valence electrons. The van der Waals surface area contributed by atoms with E-state index in [1.54, 1.807) is 43.5 Å². The zero-order valence-corrected chi connectivity index (χ0v) is 19.9. The van der Waals surface area contributed by atoms with Crippen molar-refractivity contribution < 1.29 is 23.5 Å². The Morgan fingerprint density at radius 2 is 1.86 bits per heavy atom. The zero-order chi connectivity index (χ0) is 25.2. The number of nitrogens with zero attached hydrogens (tertiary/aromatic N) is 2. The smallest absolute Gasteiger partial charge is 0.246 e. The Bertz CT molecular complexity index is 1240. The number of amides is 3. The second kappa shape index (κ2) is 7.71.